The molecule has 116 valence electrons. The van der Waals surface area contributed by atoms with Crippen molar-refractivity contribution in [3.63, 3.8) is 0 Å². The first-order valence-electron chi connectivity index (χ1n) is 7.97. The Morgan fingerprint density at radius 1 is 0.583 bits per heavy atom. The van der Waals surface area contributed by atoms with Crippen LogP contribution in [0.1, 0.15) is 11.1 Å². The zero-order valence-electron chi connectivity index (χ0n) is 13.2. The summed E-state index contributed by atoms with van der Waals surface area (Å²) >= 11 is 1.71. The molecule has 0 atom stereocenters. The summed E-state index contributed by atoms with van der Waals surface area (Å²) in [5.41, 5.74) is 6.09. The number of allylic oxidation sites excluding steroid dienone is 2. The maximum atomic E-state index is 2.30. The van der Waals surface area contributed by atoms with E-state index in [1.807, 2.05) is 0 Å². The highest BCUT2D eigenvalue weighted by molar-refractivity contribution is 8.04. The van der Waals surface area contributed by atoms with E-state index in [0.717, 1.165) is 0 Å². The Kier molecular flexibility index (Phi) is 4.22. The molecule has 1 aliphatic heterocycles. The van der Waals surface area contributed by atoms with Crippen LogP contribution in [0.4, 0.5) is 5.69 Å². The minimum Gasteiger partial charge on any atom is -0.280 e. The van der Waals surface area contributed by atoms with Gasteiger partial charge in [-0.15, -0.1) is 0 Å². The minimum absolute atomic E-state index is 1.18. The number of anilines is 1. The first kappa shape index (κ1) is 14.9. The van der Waals surface area contributed by atoms with Crippen molar-refractivity contribution in [3.05, 3.63) is 114 Å². The fourth-order valence-electron chi connectivity index (χ4n) is 2.87. The number of hydrogen-bond donors (Lipinski definition) is 0. The lowest BCUT2D eigenvalue weighted by Gasteiger charge is -2.30. The van der Waals surface area contributed by atoms with E-state index in [4.69, 9.17) is 0 Å². The molecule has 3 aromatic carbocycles. The number of nitrogens with zero attached hydrogens (tertiary/aromatic N) is 1. The van der Waals surface area contributed by atoms with Crippen LogP contribution in [0.3, 0.4) is 0 Å². The number of rotatable bonds is 3. The predicted octanol–water partition coefficient (Wildman–Crippen LogP) is 6.24. The summed E-state index contributed by atoms with van der Waals surface area (Å²) in [6.45, 7) is 0. The second kappa shape index (κ2) is 6.81. The molecule has 0 aliphatic carbocycles. The van der Waals surface area contributed by atoms with Crippen molar-refractivity contribution in [1.29, 1.82) is 0 Å². The van der Waals surface area contributed by atoms with Crippen LogP contribution in [0.2, 0.25) is 0 Å². The number of hydrogen-bond acceptors (Lipinski definition) is 2. The van der Waals surface area contributed by atoms with E-state index in [-0.39, 0.29) is 0 Å². The molecule has 24 heavy (non-hydrogen) atoms. The molecule has 1 heterocycles. The molecule has 0 saturated carbocycles. The number of para-hydroxylation sites is 1. The summed E-state index contributed by atoms with van der Waals surface area (Å²) in [6.07, 6.45) is 2.21. The summed E-state index contributed by atoms with van der Waals surface area (Å²) in [5.74, 6) is 0. The third-order valence-corrected chi connectivity index (χ3v) is 4.84. The Balaban J connectivity index is 1.93. The Morgan fingerprint density at radius 2 is 1.12 bits per heavy atom. The first-order chi connectivity index (χ1) is 11.9. The van der Waals surface area contributed by atoms with Gasteiger partial charge in [0.05, 0.1) is 11.4 Å². The van der Waals surface area contributed by atoms with Gasteiger partial charge in [0.15, 0.2) is 0 Å². The van der Waals surface area contributed by atoms with Gasteiger partial charge in [0.25, 0.3) is 0 Å². The smallest absolute Gasteiger partial charge is 0.0679 e. The third kappa shape index (κ3) is 2.89. The lowest BCUT2D eigenvalue weighted by atomic mass is 9.99. The molecular formula is C22H17NS. The van der Waals surface area contributed by atoms with E-state index in [1.54, 1.807) is 11.9 Å². The fourth-order valence-corrected chi connectivity index (χ4v) is 3.74. The molecule has 0 spiro atoms. The molecule has 1 nitrogen and oxygen atoms in total. The summed E-state index contributed by atoms with van der Waals surface area (Å²) in [7, 11) is 0. The van der Waals surface area contributed by atoms with E-state index in [2.05, 4.69) is 107 Å². The van der Waals surface area contributed by atoms with E-state index in [0.29, 0.717) is 0 Å². The summed E-state index contributed by atoms with van der Waals surface area (Å²) in [6, 6.07) is 31.7. The summed E-state index contributed by atoms with van der Waals surface area (Å²) in [5, 5.41) is 2.15. The van der Waals surface area contributed by atoms with Crippen LogP contribution in [0, 0.1) is 0 Å². The summed E-state index contributed by atoms with van der Waals surface area (Å²) < 4.78 is 2.30. The van der Waals surface area contributed by atoms with Gasteiger partial charge >= 0.3 is 0 Å². The average molecular weight is 327 g/mol. The number of benzene rings is 3. The molecule has 4 rings (SSSR count). The summed E-state index contributed by atoms with van der Waals surface area (Å²) in [4.78, 5) is 0. The van der Waals surface area contributed by atoms with Crippen molar-refractivity contribution in [3.8, 4) is 0 Å². The molecule has 0 radical (unpaired) electrons. The van der Waals surface area contributed by atoms with Crippen molar-refractivity contribution in [1.82, 2.24) is 0 Å². The molecule has 0 aromatic heterocycles. The highest BCUT2D eigenvalue weighted by Gasteiger charge is 2.21. The van der Waals surface area contributed by atoms with E-state index in [9.17, 15) is 0 Å². The van der Waals surface area contributed by atoms with Crippen LogP contribution < -0.4 is 4.31 Å². The van der Waals surface area contributed by atoms with Crippen LogP contribution in [0.15, 0.2) is 102 Å². The highest BCUT2D eigenvalue weighted by Crippen LogP contribution is 2.41. The largest absolute Gasteiger partial charge is 0.280 e. The molecular weight excluding hydrogens is 310 g/mol. The van der Waals surface area contributed by atoms with Gasteiger partial charge in [0, 0.05) is 5.57 Å². The quantitative estimate of drug-likeness (QED) is 0.524. The van der Waals surface area contributed by atoms with Crippen molar-refractivity contribution >= 4 is 28.9 Å². The standard InChI is InChI=1S/C22H17NS/c1-4-10-18(11-5-1)21-16-17-24-23(20-14-8-3-9-15-20)22(21)19-12-6-2-7-13-19/h1-17H. The Bertz CT molecular complexity index is 868. The molecule has 0 N–H and O–H groups in total. The van der Waals surface area contributed by atoms with Crippen molar-refractivity contribution in [2.75, 3.05) is 4.31 Å². The lowest BCUT2D eigenvalue weighted by molar-refractivity contribution is 1.42. The SMILES string of the molecule is C1=CC(c2ccccc2)=C(c2ccccc2)N(c2ccccc2)S1. The van der Waals surface area contributed by atoms with Crippen LogP contribution in [0.25, 0.3) is 11.3 Å². The zero-order valence-corrected chi connectivity index (χ0v) is 14.0. The van der Waals surface area contributed by atoms with Crippen LogP contribution in [-0.2, 0) is 0 Å². The van der Waals surface area contributed by atoms with Crippen molar-refractivity contribution < 1.29 is 0 Å². The molecule has 1 aliphatic rings. The van der Waals surface area contributed by atoms with Gasteiger partial charge in [-0.25, -0.2) is 0 Å². The third-order valence-electron chi connectivity index (χ3n) is 3.98. The van der Waals surface area contributed by atoms with Gasteiger partial charge in [0.2, 0.25) is 0 Å². The maximum Gasteiger partial charge on any atom is 0.0679 e. The Labute approximate surface area is 147 Å². The maximum absolute atomic E-state index is 2.30. The van der Waals surface area contributed by atoms with Crippen LogP contribution in [0.5, 0.6) is 0 Å². The minimum atomic E-state index is 1.18. The topological polar surface area (TPSA) is 3.24 Å². The van der Waals surface area contributed by atoms with Gasteiger partial charge in [0.1, 0.15) is 0 Å². The van der Waals surface area contributed by atoms with Gasteiger partial charge in [-0.1, -0.05) is 78.9 Å². The normalized spacial score (nSPS) is 14.1. The van der Waals surface area contributed by atoms with Gasteiger partial charge in [-0.2, -0.15) is 0 Å². The molecule has 2 heteroatoms. The molecule has 0 fully saturated rings. The molecule has 0 amide bonds. The first-order valence-corrected chi connectivity index (χ1v) is 8.81. The predicted molar refractivity (Wildman–Crippen MR) is 105 cm³/mol. The monoisotopic (exact) mass is 327 g/mol. The lowest BCUT2D eigenvalue weighted by Crippen LogP contribution is -2.15. The Hall–Kier alpha value is -2.71. The molecule has 0 unspecified atom stereocenters. The zero-order chi connectivity index (χ0) is 16.2. The van der Waals surface area contributed by atoms with Gasteiger partial charge in [-0.3, -0.25) is 4.31 Å². The van der Waals surface area contributed by atoms with Crippen molar-refractivity contribution in [2.45, 2.75) is 0 Å². The van der Waals surface area contributed by atoms with E-state index >= 15 is 0 Å². The van der Waals surface area contributed by atoms with Crippen LogP contribution in [-0.4, -0.2) is 0 Å². The second-order valence-electron chi connectivity index (χ2n) is 5.53. The molecule has 0 saturated heterocycles. The molecule has 0 bridgehead atoms. The molecule has 3 aromatic rings. The van der Waals surface area contributed by atoms with Gasteiger partial charge in [-0.05, 0) is 46.7 Å². The van der Waals surface area contributed by atoms with Gasteiger partial charge < -0.3 is 0 Å². The Morgan fingerprint density at radius 3 is 1.75 bits per heavy atom. The average Bonchev–Trinajstić information content (AvgIpc) is 2.69. The fraction of sp³-hybridized carbons (Fsp3) is 0. The van der Waals surface area contributed by atoms with Crippen molar-refractivity contribution in [2.24, 2.45) is 0 Å². The van der Waals surface area contributed by atoms with E-state index in [1.165, 1.54) is 28.1 Å². The second-order valence-corrected chi connectivity index (χ2v) is 6.38. The van der Waals surface area contributed by atoms with E-state index < -0.39 is 0 Å². The highest BCUT2D eigenvalue weighted by atomic mass is 32.2. The van der Waals surface area contributed by atoms with Crippen LogP contribution >= 0.6 is 11.9 Å².